The highest BCUT2D eigenvalue weighted by Gasteiger charge is 2.22. The molecule has 0 atom stereocenters. The van der Waals surface area contributed by atoms with E-state index in [-0.39, 0.29) is 11.6 Å². The van der Waals surface area contributed by atoms with Crippen molar-refractivity contribution < 1.29 is 9.59 Å². The summed E-state index contributed by atoms with van der Waals surface area (Å²) in [7, 11) is 0. The van der Waals surface area contributed by atoms with Gasteiger partial charge in [0, 0.05) is 16.0 Å². The monoisotopic (exact) mass is 254 g/mol. The smallest absolute Gasteiger partial charge is 0.187 e. The highest BCUT2D eigenvalue weighted by Crippen LogP contribution is 2.33. The first kappa shape index (κ1) is 11.2. The lowest BCUT2D eigenvalue weighted by atomic mass is 9.90. The lowest BCUT2D eigenvalue weighted by molar-refractivity contribution is 0.0995. The van der Waals surface area contributed by atoms with Crippen molar-refractivity contribution in [1.82, 2.24) is 0 Å². The Balaban J connectivity index is 2.49. The fourth-order valence-corrected chi connectivity index (χ4v) is 2.93. The van der Waals surface area contributed by atoms with Crippen LogP contribution in [0.15, 0.2) is 47.4 Å². The molecular weight excluding hydrogens is 244 g/mol. The summed E-state index contributed by atoms with van der Waals surface area (Å²) in [5, 5.41) is 1.89. The van der Waals surface area contributed by atoms with E-state index in [1.807, 2.05) is 36.6 Å². The molecule has 18 heavy (non-hydrogen) atoms. The maximum Gasteiger partial charge on any atom is 0.187 e. The summed E-state index contributed by atoms with van der Waals surface area (Å²) in [5.74, 6) is -0.181. The predicted molar refractivity (Wildman–Crippen MR) is 73.5 cm³/mol. The van der Waals surface area contributed by atoms with Gasteiger partial charge in [0.2, 0.25) is 0 Å². The molecule has 3 heteroatoms. The Bertz CT molecular complexity index is 714. The predicted octanol–water partition coefficient (Wildman–Crippen LogP) is 3.50. The Kier molecular flexibility index (Phi) is 2.56. The van der Waals surface area contributed by atoms with Crippen LogP contribution in [-0.4, -0.2) is 17.8 Å². The number of ketones is 2. The second-order valence-electron chi connectivity index (χ2n) is 4.11. The van der Waals surface area contributed by atoms with Gasteiger partial charge in [-0.05, 0) is 35.2 Å². The lowest BCUT2D eigenvalue weighted by Gasteiger charge is -2.14. The molecule has 1 aliphatic rings. The largest absolute Gasteiger partial charge is 0.289 e. The topological polar surface area (TPSA) is 34.1 Å². The summed E-state index contributed by atoms with van der Waals surface area (Å²) >= 11 is 1.59. The fraction of sp³-hybridized carbons (Fsp3) is 0.0667. The molecule has 2 aromatic carbocycles. The summed E-state index contributed by atoms with van der Waals surface area (Å²) in [5.41, 5.74) is 1.06. The summed E-state index contributed by atoms with van der Waals surface area (Å²) < 4.78 is 0. The highest BCUT2D eigenvalue weighted by atomic mass is 32.2. The Hall–Kier alpha value is -1.87. The van der Waals surface area contributed by atoms with Crippen LogP contribution < -0.4 is 0 Å². The molecule has 0 amide bonds. The number of carbonyl (C=O) groups excluding carboxylic acids is 2. The minimum atomic E-state index is -0.0920. The average Bonchev–Trinajstić information content (AvgIpc) is 2.41. The van der Waals surface area contributed by atoms with Crippen LogP contribution >= 0.6 is 11.8 Å². The number of carbonyl (C=O) groups is 2. The highest BCUT2D eigenvalue weighted by molar-refractivity contribution is 7.98. The third-order valence-corrected chi connectivity index (χ3v) is 3.90. The van der Waals surface area contributed by atoms with E-state index in [2.05, 4.69) is 0 Å². The standard InChI is InChI=1S/C15H10O2S/c1-18-14-8-11-12(16)6-7-13(17)15(11)10-5-3-2-4-9(10)14/h2-8H,1H3. The Morgan fingerprint density at radius 2 is 1.61 bits per heavy atom. The molecule has 1 aliphatic carbocycles. The van der Waals surface area contributed by atoms with Crippen molar-refractivity contribution in [1.29, 1.82) is 0 Å². The number of allylic oxidation sites excluding steroid dienone is 2. The van der Waals surface area contributed by atoms with Gasteiger partial charge in [-0.15, -0.1) is 11.8 Å². The van der Waals surface area contributed by atoms with Crippen LogP contribution in [0, 0.1) is 0 Å². The molecule has 3 rings (SSSR count). The second kappa shape index (κ2) is 4.10. The molecular formula is C15H10O2S. The van der Waals surface area contributed by atoms with Crippen LogP contribution in [0.25, 0.3) is 10.8 Å². The zero-order chi connectivity index (χ0) is 12.7. The van der Waals surface area contributed by atoms with Crippen molar-refractivity contribution in [3.8, 4) is 0 Å². The summed E-state index contributed by atoms with van der Waals surface area (Å²) in [4.78, 5) is 24.9. The molecule has 2 aromatic rings. The molecule has 2 nitrogen and oxygen atoms in total. The number of fused-ring (bicyclic) bond motifs is 3. The van der Waals surface area contributed by atoms with E-state index in [0.717, 1.165) is 15.7 Å². The zero-order valence-electron chi connectivity index (χ0n) is 9.77. The van der Waals surface area contributed by atoms with Crippen LogP contribution in [0.1, 0.15) is 20.7 Å². The molecule has 0 saturated heterocycles. The van der Waals surface area contributed by atoms with Crippen LogP contribution in [-0.2, 0) is 0 Å². The van der Waals surface area contributed by atoms with Gasteiger partial charge in [-0.1, -0.05) is 24.3 Å². The minimum absolute atomic E-state index is 0.0894. The van der Waals surface area contributed by atoms with Gasteiger partial charge in [-0.25, -0.2) is 0 Å². The molecule has 0 radical (unpaired) electrons. The van der Waals surface area contributed by atoms with E-state index >= 15 is 0 Å². The van der Waals surface area contributed by atoms with Gasteiger partial charge in [0.1, 0.15) is 0 Å². The van der Waals surface area contributed by atoms with Crippen molar-refractivity contribution >= 4 is 34.1 Å². The van der Waals surface area contributed by atoms with E-state index < -0.39 is 0 Å². The van der Waals surface area contributed by atoms with Crippen molar-refractivity contribution in [3.05, 3.63) is 53.6 Å². The Labute approximate surface area is 109 Å². The molecule has 0 spiro atoms. The normalized spacial score (nSPS) is 14.1. The van der Waals surface area contributed by atoms with Crippen LogP contribution in [0.3, 0.4) is 0 Å². The summed E-state index contributed by atoms with van der Waals surface area (Å²) in [6.45, 7) is 0. The average molecular weight is 254 g/mol. The molecule has 0 heterocycles. The number of hydrogen-bond acceptors (Lipinski definition) is 3. The third kappa shape index (κ3) is 1.51. The SMILES string of the molecule is CSc1cc2c(c3ccccc13)C(=O)C=CC2=O. The van der Waals surface area contributed by atoms with Gasteiger partial charge in [0.05, 0.1) is 0 Å². The molecule has 0 aromatic heterocycles. The van der Waals surface area contributed by atoms with Crippen LogP contribution in [0.5, 0.6) is 0 Å². The molecule has 0 aliphatic heterocycles. The van der Waals surface area contributed by atoms with E-state index in [4.69, 9.17) is 0 Å². The molecule has 0 saturated carbocycles. The van der Waals surface area contributed by atoms with E-state index in [1.165, 1.54) is 12.2 Å². The van der Waals surface area contributed by atoms with Crippen molar-refractivity contribution in [2.24, 2.45) is 0 Å². The second-order valence-corrected chi connectivity index (χ2v) is 4.96. The Morgan fingerprint density at radius 1 is 0.944 bits per heavy atom. The van der Waals surface area contributed by atoms with Gasteiger partial charge >= 0.3 is 0 Å². The molecule has 0 bridgehead atoms. The van der Waals surface area contributed by atoms with Gasteiger partial charge < -0.3 is 0 Å². The maximum atomic E-state index is 12.0. The fourth-order valence-electron chi connectivity index (χ4n) is 2.30. The molecule has 0 N–H and O–H groups in total. The molecule has 0 unspecified atom stereocenters. The minimum Gasteiger partial charge on any atom is -0.289 e. The number of thioether (sulfide) groups is 1. The van der Waals surface area contributed by atoms with Gasteiger partial charge in [0.15, 0.2) is 11.6 Å². The third-order valence-electron chi connectivity index (χ3n) is 3.12. The zero-order valence-corrected chi connectivity index (χ0v) is 10.6. The van der Waals surface area contributed by atoms with E-state index in [9.17, 15) is 9.59 Å². The number of rotatable bonds is 1. The Morgan fingerprint density at radius 3 is 2.33 bits per heavy atom. The van der Waals surface area contributed by atoms with E-state index in [0.29, 0.717) is 11.1 Å². The quantitative estimate of drug-likeness (QED) is 0.730. The van der Waals surface area contributed by atoms with Crippen molar-refractivity contribution in [3.63, 3.8) is 0 Å². The summed E-state index contributed by atoms with van der Waals surface area (Å²) in [6, 6.07) is 9.55. The lowest BCUT2D eigenvalue weighted by Crippen LogP contribution is -2.12. The van der Waals surface area contributed by atoms with Gasteiger partial charge in [-0.2, -0.15) is 0 Å². The first-order valence-corrected chi connectivity index (χ1v) is 6.81. The summed E-state index contributed by atoms with van der Waals surface area (Å²) in [6.07, 6.45) is 4.68. The molecule has 0 fully saturated rings. The maximum absolute atomic E-state index is 12.0. The number of hydrogen-bond donors (Lipinski definition) is 0. The van der Waals surface area contributed by atoms with Gasteiger partial charge in [0.25, 0.3) is 0 Å². The first-order valence-electron chi connectivity index (χ1n) is 5.59. The van der Waals surface area contributed by atoms with Crippen molar-refractivity contribution in [2.75, 3.05) is 6.26 Å². The first-order chi connectivity index (χ1) is 8.72. The van der Waals surface area contributed by atoms with E-state index in [1.54, 1.807) is 11.8 Å². The van der Waals surface area contributed by atoms with Crippen molar-refractivity contribution in [2.45, 2.75) is 4.90 Å². The van der Waals surface area contributed by atoms with Gasteiger partial charge in [-0.3, -0.25) is 9.59 Å². The molecule has 88 valence electrons. The van der Waals surface area contributed by atoms with Crippen LogP contribution in [0.4, 0.5) is 0 Å². The number of benzene rings is 2. The van der Waals surface area contributed by atoms with Crippen LogP contribution in [0.2, 0.25) is 0 Å².